The lowest BCUT2D eigenvalue weighted by Crippen LogP contribution is -2.32. The number of hydrogen-bond acceptors (Lipinski definition) is 7. The smallest absolute Gasteiger partial charge is 0.233 e. The predicted octanol–water partition coefficient (Wildman–Crippen LogP) is 1.32. The first-order valence-electron chi connectivity index (χ1n) is 6.52. The van der Waals surface area contributed by atoms with Gasteiger partial charge in [0, 0.05) is 18.5 Å². The van der Waals surface area contributed by atoms with Crippen LogP contribution in [0.3, 0.4) is 0 Å². The number of nitrogens with one attached hydrogen (secondary N) is 1. The van der Waals surface area contributed by atoms with E-state index in [1.54, 1.807) is 19.2 Å². The molecule has 20 heavy (non-hydrogen) atoms. The van der Waals surface area contributed by atoms with Crippen molar-refractivity contribution < 1.29 is 9.26 Å². The van der Waals surface area contributed by atoms with Crippen molar-refractivity contribution >= 4 is 0 Å². The molecule has 0 aliphatic heterocycles. The Morgan fingerprint density at radius 2 is 2.10 bits per heavy atom. The van der Waals surface area contributed by atoms with Crippen LogP contribution >= 0.6 is 0 Å². The molecular formula is C13H19N5O2. The SMILES string of the molecule is CNC(Cc1nc(-c2ccc(OC)nn2)no1)C(C)C. The normalized spacial score (nSPS) is 12.7. The molecule has 7 heteroatoms. The van der Waals surface area contributed by atoms with Crippen LogP contribution in [0.2, 0.25) is 0 Å². The molecule has 1 N–H and O–H groups in total. The molecule has 0 aromatic carbocycles. The van der Waals surface area contributed by atoms with Gasteiger partial charge in [-0.15, -0.1) is 10.2 Å². The summed E-state index contributed by atoms with van der Waals surface area (Å²) in [4.78, 5) is 4.35. The van der Waals surface area contributed by atoms with Gasteiger partial charge in [0.1, 0.15) is 5.69 Å². The Labute approximate surface area is 117 Å². The fourth-order valence-electron chi connectivity index (χ4n) is 1.85. The monoisotopic (exact) mass is 277 g/mol. The zero-order chi connectivity index (χ0) is 14.5. The average Bonchev–Trinajstić information content (AvgIpc) is 2.93. The van der Waals surface area contributed by atoms with Gasteiger partial charge in [-0.1, -0.05) is 19.0 Å². The quantitative estimate of drug-likeness (QED) is 0.852. The maximum absolute atomic E-state index is 5.26. The van der Waals surface area contributed by atoms with Gasteiger partial charge in [-0.2, -0.15) is 4.98 Å². The highest BCUT2D eigenvalue weighted by Gasteiger charge is 2.17. The number of ether oxygens (including phenoxy) is 1. The van der Waals surface area contributed by atoms with Gasteiger partial charge in [0.15, 0.2) is 0 Å². The molecule has 2 rings (SSSR count). The summed E-state index contributed by atoms with van der Waals surface area (Å²) < 4.78 is 10.2. The Bertz CT molecular complexity index is 538. The summed E-state index contributed by atoms with van der Waals surface area (Å²) in [6.07, 6.45) is 0.685. The molecule has 0 fully saturated rings. The van der Waals surface area contributed by atoms with Gasteiger partial charge >= 0.3 is 0 Å². The Kier molecular flexibility index (Phi) is 4.62. The lowest BCUT2D eigenvalue weighted by Gasteiger charge is -2.17. The molecule has 108 valence electrons. The van der Waals surface area contributed by atoms with Crippen LogP contribution in [-0.4, -0.2) is 40.5 Å². The first kappa shape index (κ1) is 14.4. The van der Waals surface area contributed by atoms with Crippen molar-refractivity contribution in [1.29, 1.82) is 0 Å². The standard InChI is InChI=1S/C13H19N5O2/c1-8(2)10(14-3)7-12-15-13(18-20-12)9-5-6-11(19-4)17-16-9/h5-6,8,10,14H,7H2,1-4H3. The van der Waals surface area contributed by atoms with Crippen molar-refractivity contribution in [2.75, 3.05) is 14.2 Å². The first-order chi connectivity index (χ1) is 9.63. The zero-order valence-corrected chi connectivity index (χ0v) is 12.1. The molecule has 0 saturated heterocycles. The van der Waals surface area contributed by atoms with Crippen molar-refractivity contribution in [2.24, 2.45) is 5.92 Å². The number of nitrogens with zero attached hydrogens (tertiary/aromatic N) is 4. The zero-order valence-electron chi connectivity index (χ0n) is 12.1. The van der Waals surface area contributed by atoms with E-state index in [-0.39, 0.29) is 0 Å². The maximum atomic E-state index is 5.26. The van der Waals surface area contributed by atoms with E-state index < -0.39 is 0 Å². The van der Waals surface area contributed by atoms with E-state index in [0.717, 1.165) is 0 Å². The lowest BCUT2D eigenvalue weighted by atomic mass is 10.0. The van der Waals surface area contributed by atoms with Crippen molar-refractivity contribution in [2.45, 2.75) is 26.3 Å². The number of rotatable bonds is 6. The molecular weight excluding hydrogens is 258 g/mol. The van der Waals surface area contributed by atoms with Gasteiger partial charge in [0.05, 0.1) is 7.11 Å². The van der Waals surface area contributed by atoms with Crippen LogP contribution in [0.5, 0.6) is 5.88 Å². The van der Waals surface area contributed by atoms with Crippen LogP contribution in [0.15, 0.2) is 16.7 Å². The Morgan fingerprint density at radius 3 is 2.65 bits per heavy atom. The van der Waals surface area contributed by atoms with Gasteiger partial charge in [0.25, 0.3) is 0 Å². The highest BCUT2D eigenvalue weighted by atomic mass is 16.5. The molecule has 0 aliphatic carbocycles. The fraction of sp³-hybridized carbons (Fsp3) is 0.538. The van der Waals surface area contributed by atoms with Gasteiger partial charge in [-0.25, -0.2) is 0 Å². The topological polar surface area (TPSA) is 86.0 Å². The number of hydrogen-bond donors (Lipinski definition) is 1. The summed E-state index contributed by atoms with van der Waals surface area (Å²) in [6, 6.07) is 3.76. The third-order valence-electron chi connectivity index (χ3n) is 3.12. The second-order valence-corrected chi connectivity index (χ2v) is 4.82. The van der Waals surface area contributed by atoms with Crippen LogP contribution in [0, 0.1) is 5.92 Å². The van der Waals surface area contributed by atoms with Crippen LogP contribution < -0.4 is 10.1 Å². The van der Waals surface area contributed by atoms with Crippen molar-refractivity contribution in [3.63, 3.8) is 0 Å². The van der Waals surface area contributed by atoms with Crippen LogP contribution in [0.25, 0.3) is 11.5 Å². The average molecular weight is 277 g/mol. The molecule has 7 nitrogen and oxygen atoms in total. The molecule has 1 unspecified atom stereocenters. The van der Waals surface area contributed by atoms with E-state index in [4.69, 9.17) is 9.26 Å². The van der Waals surface area contributed by atoms with E-state index in [0.29, 0.717) is 41.7 Å². The first-order valence-corrected chi connectivity index (χ1v) is 6.52. The van der Waals surface area contributed by atoms with E-state index in [1.165, 1.54) is 0 Å². The van der Waals surface area contributed by atoms with Gasteiger partial charge < -0.3 is 14.6 Å². The molecule has 0 bridgehead atoms. The summed E-state index contributed by atoms with van der Waals surface area (Å²) in [6.45, 7) is 4.29. The highest BCUT2D eigenvalue weighted by molar-refractivity contribution is 5.47. The second-order valence-electron chi connectivity index (χ2n) is 4.82. The van der Waals surface area contributed by atoms with Crippen molar-refractivity contribution in [3.05, 3.63) is 18.0 Å². The number of aromatic nitrogens is 4. The van der Waals surface area contributed by atoms with Crippen LogP contribution in [-0.2, 0) is 6.42 Å². The van der Waals surface area contributed by atoms with Crippen molar-refractivity contribution in [1.82, 2.24) is 25.7 Å². The lowest BCUT2D eigenvalue weighted by molar-refractivity contribution is 0.335. The molecule has 0 radical (unpaired) electrons. The maximum Gasteiger partial charge on any atom is 0.233 e. The van der Waals surface area contributed by atoms with E-state index in [1.807, 2.05) is 7.05 Å². The Morgan fingerprint density at radius 1 is 1.30 bits per heavy atom. The summed E-state index contributed by atoms with van der Waals surface area (Å²) in [5.74, 6) is 1.96. The summed E-state index contributed by atoms with van der Waals surface area (Å²) >= 11 is 0. The molecule has 2 heterocycles. The minimum Gasteiger partial charge on any atom is -0.480 e. The Balaban J connectivity index is 2.11. The van der Waals surface area contributed by atoms with Gasteiger partial charge in [0.2, 0.25) is 17.6 Å². The number of methoxy groups -OCH3 is 1. The summed E-state index contributed by atoms with van der Waals surface area (Å²) in [5, 5.41) is 15.0. The Hall–Kier alpha value is -2.02. The summed E-state index contributed by atoms with van der Waals surface area (Å²) in [5.41, 5.74) is 0.561. The molecule has 1 atom stereocenters. The van der Waals surface area contributed by atoms with E-state index in [2.05, 4.69) is 39.5 Å². The predicted molar refractivity (Wildman–Crippen MR) is 73.3 cm³/mol. The third-order valence-corrected chi connectivity index (χ3v) is 3.12. The molecule has 0 saturated carbocycles. The van der Waals surface area contributed by atoms with E-state index >= 15 is 0 Å². The highest BCUT2D eigenvalue weighted by Crippen LogP contribution is 2.16. The molecule has 0 spiro atoms. The van der Waals surface area contributed by atoms with Crippen molar-refractivity contribution in [3.8, 4) is 17.4 Å². The fourth-order valence-corrected chi connectivity index (χ4v) is 1.85. The largest absolute Gasteiger partial charge is 0.480 e. The molecule has 0 amide bonds. The third kappa shape index (κ3) is 3.30. The van der Waals surface area contributed by atoms with Gasteiger partial charge in [-0.3, -0.25) is 0 Å². The van der Waals surface area contributed by atoms with Crippen LogP contribution in [0.4, 0.5) is 0 Å². The summed E-state index contributed by atoms with van der Waals surface area (Å²) in [7, 11) is 3.47. The number of likely N-dealkylation sites (N-methyl/N-ethyl adjacent to an activating group) is 1. The molecule has 0 aliphatic rings. The second kappa shape index (κ2) is 6.42. The minimum atomic E-state index is 0.297. The van der Waals surface area contributed by atoms with Gasteiger partial charge in [-0.05, 0) is 19.0 Å². The molecule has 2 aromatic rings. The van der Waals surface area contributed by atoms with E-state index in [9.17, 15) is 0 Å². The van der Waals surface area contributed by atoms with Crippen LogP contribution in [0.1, 0.15) is 19.7 Å². The molecule has 2 aromatic heterocycles. The minimum absolute atomic E-state index is 0.297.